The Hall–Kier alpha value is -2.76. The van der Waals surface area contributed by atoms with E-state index in [1.165, 1.54) is 0 Å². The van der Waals surface area contributed by atoms with E-state index < -0.39 is 0 Å². The van der Waals surface area contributed by atoms with Gasteiger partial charge in [0.25, 0.3) is 0 Å². The summed E-state index contributed by atoms with van der Waals surface area (Å²) in [5.74, 6) is 1.96. The fraction of sp³-hybridized carbons (Fsp3) is 0.0769. The van der Waals surface area contributed by atoms with Gasteiger partial charge < -0.3 is 4.42 Å². The highest BCUT2D eigenvalue weighted by Crippen LogP contribution is 2.21. The molecular weight excluding hydrogens is 242 g/mol. The number of aryl methyl sites for hydroxylation is 1. The highest BCUT2D eigenvalue weighted by atomic mass is 16.3. The molecule has 0 unspecified atom stereocenters. The van der Waals surface area contributed by atoms with E-state index in [4.69, 9.17) is 4.42 Å². The number of pyridine rings is 1. The highest BCUT2D eigenvalue weighted by molar-refractivity contribution is 5.90. The van der Waals surface area contributed by atoms with Crippen LogP contribution in [-0.4, -0.2) is 24.6 Å². The highest BCUT2D eigenvalue weighted by Gasteiger charge is 2.13. The van der Waals surface area contributed by atoms with Gasteiger partial charge in [-0.15, -0.1) is 5.10 Å². The van der Waals surface area contributed by atoms with E-state index in [2.05, 4.69) is 20.1 Å². The first-order chi connectivity index (χ1) is 9.33. The van der Waals surface area contributed by atoms with Crippen LogP contribution >= 0.6 is 0 Å². The van der Waals surface area contributed by atoms with Crippen molar-refractivity contribution in [2.24, 2.45) is 0 Å². The van der Waals surface area contributed by atoms with Gasteiger partial charge >= 0.3 is 0 Å². The summed E-state index contributed by atoms with van der Waals surface area (Å²) in [5.41, 5.74) is 1.57. The zero-order valence-corrected chi connectivity index (χ0v) is 10.1. The first-order valence-corrected chi connectivity index (χ1v) is 5.84. The van der Waals surface area contributed by atoms with Crippen LogP contribution in [0.5, 0.6) is 0 Å². The molecule has 6 nitrogen and oxygen atoms in total. The van der Waals surface area contributed by atoms with E-state index in [0.717, 1.165) is 22.4 Å². The molecule has 4 aromatic heterocycles. The van der Waals surface area contributed by atoms with Gasteiger partial charge in [-0.2, -0.15) is 4.52 Å². The molecule has 4 rings (SSSR count). The predicted octanol–water partition coefficient (Wildman–Crippen LogP) is 2.24. The van der Waals surface area contributed by atoms with Gasteiger partial charge in [0.15, 0.2) is 11.4 Å². The number of fused-ring (bicyclic) bond motifs is 3. The third-order valence-electron chi connectivity index (χ3n) is 2.98. The van der Waals surface area contributed by atoms with Crippen molar-refractivity contribution in [1.82, 2.24) is 24.6 Å². The van der Waals surface area contributed by atoms with E-state index in [1.807, 2.05) is 25.1 Å². The molecular formula is C13H9N5O. The molecule has 0 aliphatic heterocycles. The van der Waals surface area contributed by atoms with Gasteiger partial charge in [0.2, 0.25) is 5.82 Å². The average molecular weight is 251 g/mol. The van der Waals surface area contributed by atoms with Gasteiger partial charge in [-0.05, 0) is 25.1 Å². The number of furan rings is 1. The summed E-state index contributed by atoms with van der Waals surface area (Å²) in [7, 11) is 0. The molecule has 0 fully saturated rings. The van der Waals surface area contributed by atoms with Crippen molar-refractivity contribution in [2.75, 3.05) is 0 Å². The minimum atomic E-state index is 0.555. The Balaban J connectivity index is 2.12. The molecule has 4 heterocycles. The Morgan fingerprint density at radius 1 is 1.21 bits per heavy atom. The number of hydrogen-bond acceptors (Lipinski definition) is 5. The van der Waals surface area contributed by atoms with Gasteiger partial charge in [0, 0.05) is 11.6 Å². The topological polar surface area (TPSA) is 69.1 Å². The third-order valence-corrected chi connectivity index (χ3v) is 2.98. The number of rotatable bonds is 1. The molecule has 0 atom stereocenters. The van der Waals surface area contributed by atoms with Crippen LogP contribution in [0.25, 0.3) is 28.1 Å². The van der Waals surface area contributed by atoms with Crippen molar-refractivity contribution < 1.29 is 4.42 Å². The molecule has 0 aliphatic rings. The lowest BCUT2D eigenvalue weighted by Gasteiger charge is -2.00. The molecule has 0 bridgehead atoms. The molecule has 0 aromatic carbocycles. The number of nitrogens with zero attached hydrogens (tertiary/aromatic N) is 5. The van der Waals surface area contributed by atoms with E-state index >= 15 is 0 Å². The Morgan fingerprint density at radius 2 is 2.16 bits per heavy atom. The van der Waals surface area contributed by atoms with E-state index in [0.29, 0.717) is 11.6 Å². The zero-order chi connectivity index (χ0) is 12.8. The van der Waals surface area contributed by atoms with Crippen molar-refractivity contribution in [3.8, 4) is 11.6 Å². The van der Waals surface area contributed by atoms with Gasteiger partial charge in [-0.3, -0.25) is 4.98 Å². The van der Waals surface area contributed by atoms with Crippen LogP contribution in [-0.2, 0) is 0 Å². The van der Waals surface area contributed by atoms with E-state index in [9.17, 15) is 0 Å². The van der Waals surface area contributed by atoms with Crippen LogP contribution in [0.2, 0.25) is 0 Å². The Bertz CT molecular complexity index is 879. The van der Waals surface area contributed by atoms with Gasteiger partial charge in [0.05, 0.1) is 18.0 Å². The lowest BCUT2D eigenvalue weighted by molar-refractivity contribution is 0.577. The molecule has 0 N–H and O–H groups in total. The van der Waals surface area contributed by atoms with Crippen LogP contribution < -0.4 is 0 Å². The van der Waals surface area contributed by atoms with Crippen molar-refractivity contribution >= 4 is 16.6 Å². The second-order valence-corrected chi connectivity index (χ2v) is 4.20. The second kappa shape index (κ2) is 3.61. The molecule has 6 heteroatoms. The smallest absolute Gasteiger partial charge is 0.217 e. The minimum absolute atomic E-state index is 0.555. The lowest BCUT2D eigenvalue weighted by Crippen LogP contribution is -1.98. The minimum Gasteiger partial charge on any atom is -0.461 e. The van der Waals surface area contributed by atoms with Gasteiger partial charge in [-0.25, -0.2) is 9.97 Å². The summed E-state index contributed by atoms with van der Waals surface area (Å²) < 4.78 is 7.05. The maximum Gasteiger partial charge on any atom is 0.217 e. The normalized spacial score (nSPS) is 11.4. The van der Waals surface area contributed by atoms with Gasteiger partial charge in [-0.1, -0.05) is 0 Å². The molecule has 0 saturated heterocycles. The summed E-state index contributed by atoms with van der Waals surface area (Å²) >= 11 is 0. The summed E-state index contributed by atoms with van der Waals surface area (Å²) in [5, 5.41) is 5.36. The standard InChI is InChI=1S/C13H9N5O/c1-8-15-10-7-14-5-4-9(10)13-16-12(17-18(8)13)11-3-2-6-19-11/h2-7H,1H3. The molecule has 0 spiro atoms. The largest absolute Gasteiger partial charge is 0.461 e. The Labute approximate surface area is 107 Å². The first kappa shape index (κ1) is 10.2. The van der Waals surface area contributed by atoms with Crippen molar-refractivity contribution in [1.29, 1.82) is 0 Å². The van der Waals surface area contributed by atoms with Crippen LogP contribution in [0.1, 0.15) is 5.82 Å². The summed E-state index contributed by atoms with van der Waals surface area (Å²) in [6.07, 6.45) is 5.05. The first-order valence-electron chi connectivity index (χ1n) is 5.84. The SMILES string of the molecule is Cc1nc2cnccc2c2nc(-c3ccco3)nn12. The number of aromatic nitrogens is 5. The molecule has 0 radical (unpaired) electrons. The monoisotopic (exact) mass is 251 g/mol. The average Bonchev–Trinajstić information content (AvgIpc) is 3.08. The maximum atomic E-state index is 5.33. The molecule has 4 aromatic rings. The summed E-state index contributed by atoms with van der Waals surface area (Å²) in [6, 6.07) is 5.53. The quantitative estimate of drug-likeness (QED) is 0.519. The van der Waals surface area contributed by atoms with Crippen LogP contribution in [0, 0.1) is 6.92 Å². The molecule has 92 valence electrons. The third kappa shape index (κ3) is 1.43. The summed E-state index contributed by atoms with van der Waals surface area (Å²) in [4.78, 5) is 13.1. The zero-order valence-electron chi connectivity index (χ0n) is 10.1. The van der Waals surface area contributed by atoms with Gasteiger partial charge in [0.1, 0.15) is 5.82 Å². The van der Waals surface area contributed by atoms with Crippen LogP contribution in [0.15, 0.2) is 41.3 Å². The van der Waals surface area contributed by atoms with Crippen LogP contribution in [0.3, 0.4) is 0 Å². The van der Waals surface area contributed by atoms with Crippen molar-refractivity contribution in [3.05, 3.63) is 42.7 Å². The van der Waals surface area contributed by atoms with E-state index in [-0.39, 0.29) is 0 Å². The molecule has 0 aliphatic carbocycles. The lowest BCUT2D eigenvalue weighted by atomic mass is 10.3. The summed E-state index contributed by atoms with van der Waals surface area (Å²) in [6.45, 7) is 1.89. The van der Waals surface area contributed by atoms with Crippen molar-refractivity contribution in [2.45, 2.75) is 6.92 Å². The molecule has 19 heavy (non-hydrogen) atoms. The van der Waals surface area contributed by atoms with Crippen molar-refractivity contribution in [3.63, 3.8) is 0 Å². The van der Waals surface area contributed by atoms with Crippen LogP contribution in [0.4, 0.5) is 0 Å². The Morgan fingerprint density at radius 3 is 3.00 bits per heavy atom. The fourth-order valence-corrected chi connectivity index (χ4v) is 2.11. The number of hydrogen-bond donors (Lipinski definition) is 0. The maximum absolute atomic E-state index is 5.33. The molecule has 0 saturated carbocycles. The van der Waals surface area contributed by atoms with E-state index in [1.54, 1.807) is 23.2 Å². The second-order valence-electron chi connectivity index (χ2n) is 4.20. The fourth-order valence-electron chi connectivity index (χ4n) is 2.11. The molecule has 0 amide bonds. The predicted molar refractivity (Wildman–Crippen MR) is 68.5 cm³/mol. The Kier molecular flexibility index (Phi) is 1.94.